The average molecular weight is 282 g/mol. The van der Waals surface area contributed by atoms with E-state index in [4.69, 9.17) is 4.74 Å². The number of hydrogen-bond donors (Lipinski definition) is 1. The minimum atomic E-state index is 0.939. The molecule has 0 aromatic heterocycles. The van der Waals surface area contributed by atoms with Gasteiger partial charge in [-0.05, 0) is 44.1 Å². The molecule has 1 aromatic rings. The molecule has 1 N–H and O–H groups in total. The van der Waals surface area contributed by atoms with Crippen LogP contribution < -0.4 is 10.1 Å². The second-order valence-electron chi connectivity index (χ2n) is 3.94. The molecule has 86 valence electrons. The van der Waals surface area contributed by atoms with Crippen LogP contribution >= 0.6 is 15.9 Å². The fourth-order valence-corrected chi connectivity index (χ4v) is 2.31. The van der Waals surface area contributed by atoms with Crippen LogP contribution in [0.2, 0.25) is 0 Å². The zero-order valence-corrected chi connectivity index (χ0v) is 11.0. The van der Waals surface area contributed by atoms with Gasteiger partial charge in [0.05, 0.1) is 7.11 Å². The second kappa shape index (κ2) is 5.51. The second-order valence-corrected chi connectivity index (χ2v) is 4.85. The quantitative estimate of drug-likeness (QED) is 0.899. The van der Waals surface area contributed by atoms with Gasteiger partial charge < -0.3 is 10.1 Å². The van der Waals surface area contributed by atoms with E-state index in [2.05, 4.69) is 33.4 Å². The van der Waals surface area contributed by atoms with Crippen LogP contribution in [0.15, 0.2) is 28.2 Å². The molecular weight excluding hydrogens is 266 g/mol. The first-order valence-corrected chi connectivity index (χ1v) is 6.32. The molecule has 1 aliphatic heterocycles. The summed E-state index contributed by atoms with van der Waals surface area (Å²) in [6.45, 7) is 2.17. The summed E-state index contributed by atoms with van der Waals surface area (Å²) in [7, 11) is 1.72. The molecule has 2 rings (SSSR count). The third-order valence-corrected chi connectivity index (χ3v) is 3.29. The van der Waals surface area contributed by atoms with Crippen molar-refractivity contribution in [2.75, 3.05) is 20.2 Å². The molecule has 3 heteroatoms. The van der Waals surface area contributed by atoms with Crippen LogP contribution in [0.4, 0.5) is 0 Å². The molecule has 16 heavy (non-hydrogen) atoms. The van der Waals surface area contributed by atoms with E-state index in [9.17, 15) is 0 Å². The van der Waals surface area contributed by atoms with E-state index in [1.54, 1.807) is 7.11 Å². The van der Waals surface area contributed by atoms with Gasteiger partial charge in [0.25, 0.3) is 0 Å². The number of nitrogens with one attached hydrogen (secondary N) is 1. The Labute approximate surface area is 105 Å². The molecule has 0 amide bonds. The Morgan fingerprint density at radius 1 is 1.31 bits per heavy atom. The van der Waals surface area contributed by atoms with Crippen molar-refractivity contribution in [2.45, 2.75) is 12.8 Å². The maximum absolute atomic E-state index is 5.36. The predicted octanol–water partition coefficient (Wildman–Crippen LogP) is 3.22. The van der Waals surface area contributed by atoms with Gasteiger partial charge in [-0.3, -0.25) is 0 Å². The van der Waals surface area contributed by atoms with Crippen LogP contribution in [-0.4, -0.2) is 20.2 Å². The van der Waals surface area contributed by atoms with Gasteiger partial charge in [0, 0.05) is 10.0 Å². The molecule has 0 unspecified atom stereocenters. The van der Waals surface area contributed by atoms with E-state index in [1.807, 2.05) is 12.1 Å². The summed E-state index contributed by atoms with van der Waals surface area (Å²) in [5.41, 5.74) is 2.66. The van der Waals surface area contributed by atoms with Gasteiger partial charge in [-0.25, -0.2) is 0 Å². The molecule has 0 spiro atoms. The lowest BCUT2D eigenvalue weighted by atomic mass is 10.0. The van der Waals surface area contributed by atoms with Crippen LogP contribution in [-0.2, 0) is 0 Å². The first-order valence-electron chi connectivity index (χ1n) is 5.53. The highest BCUT2D eigenvalue weighted by Gasteiger charge is 2.07. The lowest BCUT2D eigenvalue weighted by Crippen LogP contribution is -2.22. The Bertz CT molecular complexity index is 393. The number of rotatable bonds is 2. The number of piperidine rings is 1. The molecule has 0 atom stereocenters. The van der Waals surface area contributed by atoms with Gasteiger partial charge in [-0.2, -0.15) is 0 Å². The van der Waals surface area contributed by atoms with Gasteiger partial charge >= 0.3 is 0 Å². The Morgan fingerprint density at radius 2 is 2.06 bits per heavy atom. The first kappa shape index (κ1) is 11.7. The zero-order valence-electron chi connectivity index (χ0n) is 9.42. The van der Waals surface area contributed by atoms with Crippen molar-refractivity contribution in [3.8, 4) is 5.75 Å². The smallest absolute Gasteiger partial charge is 0.126 e. The maximum Gasteiger partial charge on any atom is 0.126 e. The highest BCUT2D eigenvalue weighted by molar-refractivity contribution is 9.10. The molecule has 0 bridgehead atoms. The van der Waals surface area contributed by atoms with Gasteiger partial charge in [-0.15, -0.1) is 0 Å². The van der Waals surface area contributed by atoms with Crippen molar-refractivity contribution in [1.29, 1.82) is 0 Å². The molecule has 0 aliphatic carbocycles. The summed E-state index contributed by atoms with van der Waals surface area (Å²) in [6, 6.07) is 6.11. The number of halogens is 1. The minimum absolute atomic E-state index is 0.939. The van der Waals surface area contributed by atoms with Crippen LogP contribution in [0.3, 0.4) is 0 Å². The van der Waals surface area contributed by atoms with Crippen LogP contribution in [0, 0.1) is 0 Å². The van der Waals surface area contributed by atoms with Crippen LogP contribution in [0.5, 0.6) is 5.75 Å². The summed E-state index contributed by atoms with van der Waals surface area (Å²) < 4.78 is 6.45. The van der Waals surface area contributed by atoms with Crippen LogP contribution in [0.25, 0.3) is 6.08 Å². The van der Waals surface area contributed by atoms with Gasteiger partial charge in [-0.1, -0.05) is 27.6 Å². The first-order chi connectivity index (χ1) is 7.79. The average Bonchev–Trinajstić information content (AvgIpc) is 2.31. The Kier molecular flexibility index (Phi) is 4.02. The largest absolute Gasteiger partial charge is 0.496 e. The van der Waals surface area contributed by atoms with Crippen molar-refractivity contribution < 1.29 is 4.74 Å². The van der Waals surface area contributed by atoms with Crippen molar-refractivity contribution in [3.63, 3.8) is 0 Å². The standard InChI is InChI=1S/C13H16BrNO/c1-16-13-3-2-12(14)9-11(13)8-10-4-6-15-7-5-10/h2-3,8-9,15H,4-7H2,1H3. The lowest BCUT2D eigenvalue weighted by Gasteiger charge is -2.16. The van der Waals surface area contributed by atoms with Crippen molar-refractivity contribution in [1.82, 2.24) is 5.32 Å². The molecule has 2 nitrogen and oxygen atoms in total. The Balaban J connectivity index is 2.27. The van der Waals surface area contributed by atoms with E-state index in [-0.39, 0.29) is 0 Å². The fraction of sp³-hybridized carbons (Fsp3) is 0.385. The number of benzene rings is 1. The topological polar surface area (TPSA) is 21.3 Å². The van der Waals surface area contributed by atoms with E-state index in [0.717, 1.165) is 41.7 Å². The highest BCUT2D eigenvalue weighted by Crippen LogP contribution is 2.26. The lowest BCUT2D eigenvalue weighted by molar-refractivity contribution is 0.413. The van der Waals surface area contributed by atoms with E-state index in [1.165, 1.54) is 5.57 Å². The number of hydrogen-bond acceptors (Lipinski definition) is 2. The molecule has 1 fully saturated rings. The summed E-state index contributed by atoms with van der Waals surface area (Å²) in [5.74, 6) is 0.939. The molecule has 1 aromatic carbocycles. The third-order valence-electron chi connectivity index (χ3n) is 2.80. The summed E-state index contributed by atoms with van der Waals surface area (Å²) >= 11 is 3.49. The normalized spacial score (nSPS) is 16.0. The summed E-state index contributed by atoms with van der Waals surface area (Å²) in [4.78, 5) is 0. The monoisotopic (exact) mass is 281 g/mol. The SMILES string of the molecule is COc1ccc(Br)cc1C=C1CCNCC1. The minimum Gasteiger partial charge on any atom is -0.496 e. The van der Waals surface area contributed by atoms with Crippen molar-refractivity contribution in [3.05, 3.63) is 33.8 Å². The van der Waals surface area contributed by atoms with Crippen molar-refractivity contribution in [2.24, 2.45) is 0 Å². The Morgan fingerprint density at radius 3 is 2.75 bits per heavy atom. The van der Waals surface area contributed by atoms with Gasteiger partial charge in [0.1, 0.15) is 5.75 Å². The third kappa shape index (κ3) is 2.86. The molecule has 1 aliphatic rings. The zero-order chi connectivity index (χ0) is 11.4. The van der Waals surface area contributed by atoms with Crippen LogP contribution in [0.1, 0.15) is 18.4 Å². The Hall–Kier alpha value is -0.800. The molecule has 0 radical (unpaired) electrons. The highest BCUT2D eigenvalue weighted by atomic mass is 79.9. The summed E-state index contributed by atoms with van der Waals surface area (Å²) in [5, 5.41) is 3.36. The maximum atomic E-state index is 5.36. The number of ether oxygens (including phenoxy) is 1. The molecule has 0 saturated carbocycles. The van der Waals surface area contributed by atoms with E-state index in [0.29, 0.717) is 0 Å². The van der Waals surface area contributed by atoms with Gasteiger partial charge in [0.15, 0.2) is 0 Å². The molecular formula is C13H16BrNO. The van der Waals surface area contributed by atoms with Gasteiger partial charge in [0.2, 0.25) is 0 Å². The summed E-state index contributed by atoms with van der Waals surface area (Å²) in [6.07, 6.45) is 4.52. The predicted molar refractivity (Wildman–Crippen MR) is 70.8 cm³/mol. The fourth-order valence-electron chi connectivity index (χ4n) is 1.93. The molecule has 1 heterocycles. The van der Waals surface area contributed by atoms with E-state index >= 15 is 0 Å². The number of methoxy groups -OCH3 is 1. The van der Waals surface area contributed by atoms with E-state index < -0.39 is 0 Å². The van der Waals surface area contributed by atoms with Crippen molar-refractivity contribution >= 4 is 22.0 Å². The molecule has 1 saturated heterocycles.